The summed E-state index contributed by atoms with van der Waals surface area (Å²) < 4.78 is 1.79. The third-order valence-corrected chi connectivity index (χ3v) is 4.37. The van der Waals surface area contributed by atoms with E-state index >= 15 is 0 Å². The van der Waals surface area contributed by atoms with E-state index in [0.29, 0.717) is 23.9 Å². The maximum absolute atomic E-state index is 12.1. The van der Waals surface area contributed by atoms with Crippen LogP contribution in [0.2, 0.25) is 5.02 Å². The molecule has 5 heteroatoms. The molecule has 0 bridgehead atoms. The van der Waals surface area contributed by atoms with Crippen molar-refractivity contribution in [1.82, 2.24) is 15.1 Å². The van der Waals surface area contributed by atoms with Crippen LogP contribution in [0.25, 0.3) is 0 Å². The minimum atomic E-state index is 0.139. The third kappa shape index (κ3) is 3.69. The predicted octanol–water partition coefficient (Wildman–Crippen LogP) is 3.16. The van der Waals surface area contributed by atoms with E-state index < -0.39 is 0 Å². The first-order valence-corrected chi connectivity index (χ1v) is 8.12. The Kier molecular flexibility index (Phi) is 4.78. The van der Waals surface area contributed by atoms with Gasteiger partial charge in [0.1, 0.15) is 0 Å². The molecule has 4 nitrogen and oxygen atoms in total. The van der Waals surface area contributed by atoms with Crippen molar-refractivity contribution in [2.45, 2.75) is 38.1 Å². The maximum atomic E-state index is 12.1. The average molecular weight is 318 g/mol. The fourth-order valence-corrected chi connectivity index (χ4v) is 3.24. The minimum Gasteiger partial charge on any atom is -0.356 e. The Morgan fingerprint density at radius 2 is 2.27 bits per heavy atom. The smallest absolute Gasteiger partial charge is 0.220 e. The lowest BCUT2D eigenvalue weighted by Gasteiger charge is -2.11. The molecular weight excluding hydrogens is 298 g/mol. The van der Waals surface area contributed by atoms with Gasteiger partial charge in [-0.15, -0.1) is 0 Å². The number of nitrogens with zero attached hydrogens (tertiary/aromatic N) is 2. The van der Waals surface area contributed by atoms with Crippen LogP contribution >= 0.6 is 11.6 Å². The largest absolute Gasteiger partial charge is 0.356 e. The van der Waals surface area contributed by atoms with Crippen molar-refractivity contribution in [1.29, 1.82) is 0 Å². The molecule has 1 N–H and O–H groups in total. The molecule has 1 atom stereocenters. The number of aryl methyl sites for hydroxylation is 2. The summed E-state index contributed by atoms with van der Waals surface area (Å²) in [5, 5.41) is 7.76. The summed E-state index contributed by atoms with van der Waals surface area (Å²) >= 11 is 5.81. The number of hydrogen-bond donors (Lipinski definition) is 1. The molecule has 2 aromatic rings. The molecule has 1 aromatic carbocycles. The highest BCUT2D eigenvalue weighted by Crippen LogP contribution is 2.34. The van der Waals surface area contributed by atoms with E-state index in [1.54, 1.807) is 17.1 Å². The maximum Gasteiger partial charge on any atom is 0.220 e. The number of fused-ring (bicyclic) bond motifs is 1. The second kappa shape index (κ2) is 6.97. The van der Waals surface area contributed by atoms with E-state index in [-0.39, 0.29) is 5.91 Å². The molecule has 1 heterocycles. The molecule has 0 radical (unpaired) electrons. The number of amides is 1. The molecule has 0 spiro atoms. The molecular formula is C17H20ClN3O. The van der Waals surface area contributed by atoms with Crippen LogP contribution in [0, 0.1) is 0 Å². The van der Waals surface area contributed by atoms with E-state index in [9.17, 15) is 4.79 Å². The first-order chi connectivity index (χ1) is 10.7. The van der Waals surface area contributed by atoms with Crippen LogP contribution in [0.1, 0.15) is 36.3 Å². The van der Waals surface area contributed by atoms with Crippen molar-refractivity contribution >= 4 is 17.5 Å². The molecule has 0 saturated carbocycles. The number of carbonyl (C=O) groups excluding carboxylic acids is 1. The van der Waals surface area contributed by atoms with Crippen molar-refractivity contribution in [2.75, 3.05) is 6.54 Å². The molecule has 1 amide bonds. The molecule has 3 rings (SSSR count). The fraction of sp³-hybridized carbons (Fsp3) is 0.412. The number of nitrogens with one attached hydrogen (secondary N) is 1. The topological polar surface area (TPSA) is 46.9 Å². The monoisotopic (exact) mass is 317 g/mol. The number of aromatic nitrogens is 2. The lowest BCUT2D eigenvalue weighted by molar-refractivity contribution is -0.121. The van der Waals surface area contributed by atoms with Crippen LogP contribution in [-0.2, 0) is 17.8 Å². The minimum absolute atomic E-state index is 0.139. The normalized spacial score (nSPS) is 16.5. The second-order valence-electron chi connectivity index (χ2n) is 5.76. The van der Waals surface area contributed by atoms with Gasteiger partial charge in [0.2, 0.25) is 5.91 Å². The number of hydrogen-bond acceptors (Lipinski definition) is 2. The van der Waals surface area contributed by atoms with Crippen molar-refractivity contribution in [3.63, 3.8) is 0 Å². The zero-order valence-corrected chi connectivity index (χ0v) is 13.2. The van der Waals surface area contributed by atoms with Gasteiger partial charge < -0.3 is 5.32 Å². The van der Waals surface area contributed by atoms with Crippen molar-refractivity contribution in [3.05, 3.63) is 52.8 Å². The van der Waals surface area contributed by atoms with Gasteiger partial charge in [-0.25, -0.2) is 0 Å². The van der Waals surface area contributed by atoms with Crippen LogP contribution in [0.3, 0.4) is 0 Å². The zero-order chi connectivity index (χ0) is 15.4. The quantitative estimate of drug-likeness (QED) is 0.832. The average Bonchev–Trinajstić information content (AvgIpc) is 3.11. The standard InChI is InChI=1S/C17H20ClN3O/c18-15-11-20-21(12-15)9-3-8-19-17(22)10-14-7-6-13-4-1-2-5-16(13)14/h1-2,4-5,11-12,14H,3,6-10H2,(H,19,22). The van der Waals surface area contributed by atoms with Gasteiger partial charge in [0.15, 0.2) is 0 Å². The van der Waals surface area contributed by atoms with Crippen molar-refractivity contribution < 1.29 is 4.79 Å². The summed E-state index contributed by atoms with van der Waals surface area (Å²) in [6.07, 6.45) is 7.03. The van der Waals surface area contributed by atoms with Gasteiger partial charge in [-0.05, 0) is 36.3 Å². The van der Waals surface area contributed by atoms with Crippen LogP contribution in [-0.4, -0.2) is 22.2 Å². The first-order valence-electron chi connectivity index (χ1n) is 7.75. The highest BCUT2D eigenvalue weighted by molar-refractivity contribution is 6.30. The summed E-state index contributed by atoms with van der Waals surface area (Å²) in [6, 6.07) is 8.46. The highest BCUT2D eigenvalue weighted by atomic mass is 35.5. The Hall–Kier alpha value is -1.81. The third-order valence-electron chi connectivity index (χ3n) is 4.18. The molecule has 1 unspecified atom stereocenters. The molecule has 116 valence electrons. The summed E-state index contributed by atoms with van der Waals surface area (Å²) in [6.45, 7) is 1.43. The number of benzene rings is 1. The number of halogens is 1. The van der Waals surface area contributed by atoms with E-state index in [0.717, 1.165) is 25.8 Å². The van der Waals surface area contributed by atoms with Gasteiger partial charge in [-0.3, -0.25) is 9.48 Å². The molecule has 1 aliphatic rings. The van der Waals surface area contributed by atoms with Crippen LogP contribution in [0.15, 0.2) is 36.7 Å². The second-order valence-corrected chi connectivity index (χ2v) is 6.20. The summed E-state index contributed by atoms with van der Waals surface area (Å²) in [7, 11) is 0. The van der Waals surface area contributed by atoms with Gasteiger partial charge in [-0.1, -0.05) is 35.9 Å². The van der Waals surface area contributed by atoms with E-state index in [1.807, 2.05) is 0 Å². The Morgan fingerprint density at radius 1 is 1.41 bits per heavy atom. The van der Waals surface area contributed by atoms with E-state index in [2.05, 4.69) is 34.7 Å². The molecule has 22 heavy (non-hydrogen) atoms. The van der Waals surface area contributed by atoms with Gasteiger partial charge >= 0.3 is 0 Å². The molecule has 0 fully saturated rings. The Balaban J connectivity index is 1.40. The zero-order valence-electron chi connectivity index (χ0n) is 12.5. The fourth-order valence-electron chi connectivity index (χ4n) is 3.08. The lowest BCUT2D eigenvalue weighted by atomic mass is 9.97. The SMILES string of the molecule is O=C(CC1CCc2ccccc21)NCCCn1cc(Cl)cn1. The number of rotatable bonds is 6. The summed E-state index contributed by atoms with van der Waals surface area (Å²) in [5.74, 6) is 0.515. The Labute approximate surface area is 135 Å². The number of carbonyl (C=O) groups is 1. The van der Waals surface area contributed by atoms with Crippen LogP contribution < -0.4 is 5.32 Å². The Morgan fingerprint density at radius 3 is 3.09 bits per heavy atom. The predicted molar refractivity (Wildman–Crippen MR) is 87.0 cm³/mol. The first kappa shape index (κ1) is 15.1. The molecule has 1 aliphatic carbocycles. The Bertz CT molecular complexity index is 653. The van der Waals surface area contributed by atoms with E-state index in [4.69, 9.17) is 11.6 Å². The molecule has 0 saturated heterocycles. The van der Waals surface area contributed by atoms with Crippen LogP contribution in [0.5, 0.6) is 0 Å². The van der Waals surface area contributed by atoms with Crippen molar-refractivity contribution in [2.24, 2.45) is 0 Å². The van der Waals surface area contributed by atoms with Gasteiger partial charge in [0, 0.05) is 25.7 Å². The summed E-state index contributed by atoms with van der Waals surface area (Å²) in [4.78, 5) is 12.1. The van der Waals surface area contributed by atoms with Crippen LogP contribution in [0.4, 0.5) is 0 Å². The molecule has 0 aliphatic heterocycles. The van der Waals surface area contributed by atoms with Crippen molar-refractivity contribution in [3.8, 4) is 0 Å². The highest BCUT2D eigenvalue weighted by Gasteiger charge is 2.23. The lowest BCUT2D eigenvalue weighted by Crippen LogP contribution is -2.26. The van der Waals surface area contributed by atoms with Gasteiger partial charge in [0.25, 0.3) is 0 Å². The van der Waals surface area contributed by atoms with Gasteiger partial charge in [-0.2, -0.15) is 5.10 Å². The molecule has 1 aromatic heterocycles. The summed E-state index contributed by atoms with van der Waals surface area (Å²) in [5.41, 5.74) is 2.75. The van der Waals surface area contributed by atoms with Gasteiger partial charge in [0.05, 0.1) is 11.2 Å². The van der Waals surface area contributed by atoms with E-state index in [1.165, 1.54) is 11.1 Å².